The normalized spacial score (nSPS) is 11.0. The van der Waals surface area contributed by atoms with E-state index in [1.54, 1.807) is 12.0 Å². The number of hydrogen-bond acceptors (Lipinski definition) is 4. The number of nitrogens with two attached hydrogens (primary N) is 1. The highest BCUT2D eigenvalue weighted by Gasteiger charge is 2.17. The summed E-state index contributed by atoms with van der Waals surface area (Å²) in [5.74, 6) is 0.790. The maximum absolute atomic E-state index is 12.3. The van der Waals surface area contributed by atoms with E-state index in [4.69, 9.17) is 15.2 Å². The molecular formula is C24H32N4O3. The number of methoxy groups -OCH3 is 1. The number of carbonyl (C=O) groups excluding carboxylic acids is 1. The SMILES string of the molecule is CCN(CC)C(=O)Nc1ccc(-c2c(N)c3ccc(OCCOC)cc3n2CC)cc1. The van der Waals surface area contributed by atoms with E-state index in [9.17, 15) is 4.79 Å². The van der Waals surface area contributed by atoms with Crippen LogP contribution in [0.3, 0.4) is 0 Å². The third-order valence-electron chi connectivity index (χ3n) is 5.41. The second kappa shape index (κ2) is 10.2. The van der Waals surface area contributed by atoms with Gasteiger partial charge in [0, 0.05) is 49.4 Å². The summed E-state index contributed by atoms with van der Waals surface area (Å²) in [5, 5.41) is 3.94. The van der Waals surface area contributed by atoms with Crippen molar-refractivity contribution in [2.24, 2.45) is 0 Å². The Morgan fingerprint density at radius 3 is 2.39 bits per heavy atom. The molecule has 7 heteroatoms. The molecular weight excluding hydrogens is 392 g/mol. The van der Waals surface area contributed by atoms with Gasteiger partial charge in [-0.2, -0.15) is 0 Å². The largest absolute Gasteiger partial charge is 0.491 e. The van der Waals surface area contributed by atoms with Crippen molar-refractivity contribution >= 4 is 28.3 Å². The Morgan fingerprint density at radius 1 is 1.06 bits per heavy atom. The standard InChI is InChI=1S/C24H32N4O3/c1-5-27(6-2)24(29)26-18-10-8-17(9-11-18)23-22(25)20-13-12-19(31-15-14-30-4)16-21(20)28(23)7-3/h8-13,16H,5-7,14-15,25H2,1-4H3,(H,26,29). The van der Waals surface area contributed by atoms with Gasteiger partial charge >= 0.3 is 6.03 Å². The number of nitrogens with one attached hydrogen (secondary N) is 1. The molecule has 7 nitrogen and oxygen atoms in total. The van der Waals surface area contributed by atoms with E-state index in [2.05, 4.69) is 16.8 Å². The fraction of sp³-hybridized carbons (Fsp3) is 0.375. The summed E-state index contributed by atoms with van der Waals surface area (Å²) in [6, 6.07) is 13.7. The van der Waals surface area contributed by atoms with Crippen LogP contribution in [-0.4, -0.2) is 48.9 Å². The minimum atomic E-state index is -0.0964. The van der Waals surface area contributed by atoms with Gasteiger partial charge < -0.3 is 30.0 Å². The first-order valence-corrected chi connectivity index (χ1v) is 10.7. The molecule has 3 aromatic rings. The molecule has 2 aromatic carbocycles. The Balaban J connectivity index is 1.91. The lowest BCUT2D eigenvalue weighted by atomic mass is 10.1. The predicted octanol–water partition coefficient (Wildman–Crippen LogP) is 4.81. The van der Waals surface area contributed by atoms with E-state index >= 15 is 0 Å². The molecule has 0 atom stereocenters. The summed E-state index contributed by atoms with van der Waals surface area (Å²) < 4.78 is 13.0. The highest BCUT2D eigenvalue weighted by Crippen LogP contribution is 2.38. The van der Waals surface area contributed by atoms with Crippen LogP contribution >= 0.6 is 0 Å². The van der Waals surface area contributed by atoms with Crippen LogP contribution in [0.5, 0.6) is 5.75 Å². The number of nitrogen functional groups attached to an aromatic ring is 1. The van der Waals surface area contributed by atoms with Gasteiger partial charge in [-0.3, -0.25) is 0 Å². The Hall–Kier alpha value is -3.19. The van der Waals surface area contributed by atoms with Crippen LogP contribution in [-0.2, 0) is 11.3 Å². The molecule has 1 aromatic heterocycles. The summed E-state index contributed by atoms with van der Waals surface area (Å²) in [6.07, 6.45) is 0. The number of rotatable bonds is 9. The maximum atomic E-state index is 12.3. The van der Waals surface area contributed by atoms with Crippen LogP contribution in [0, 0.1) is 0 Å². The third-order valence-corrected chi connectivity index (χ3v) is 5.41. The van der Waals surface area contributed by atoms with Gasteiger partial charge in [-0.1, -0.05) is 12.1 Å². The molecule has 0 aliphatic carbocycles. The van der Waals surface area contributed by atoms with Gasteiger partial charge in [0.2, 0.25) is 0 Å². The van der Waals surface area contributed by atoms with E-state index in [1.165, 1.54) is 0 Å². The highest BCUT2D eigenvalue weighted by molar-refractivity contribution is 6.01. The monoisotopic (exact) mass is 424 g/mol. The molecule has 0 spiro atoms. The lowest BCUT2D eigenvalue weighted by molar-refractivity contribution is 0.146. The van der Waals surface area contributed by atoms with Gasteiger partial charge in [0.15, 0.2) is 0 Å². The molecule has 0 saturated heterocycles. The molecule has 0 aliphatic heterocycles. The van der Waals surface area contributed by atoms with Crippen LogP contribution in [0.2, 0.25) is 0 Å². The first-order chi connectivity index (χ1) is 15.0. The molecule has 0 aliphatic rings. The number of hydrogen-bond donors (Lipinski definition) is 2. The fourth-order valence-corrected chi connectivity index (χ4v) is 3.75. The fourth-order valence-electron chi connectivity index (χ4n) is 3.75. The van der Waals surface area contributed by atoms with Gasteiger partial charge in [0.05, 0.1) is 23.5 Å². The molecule has 0 saturated carbocycles. The van der Waals surface area contributed by atoms with Crippen molar-refractivity contribution in [2.75, 3.05) is 44.5 Å². The summed E-state index contributed by atoms with van der Waals surface area (Å²) in [4.78, 5) is 14.0. The minimum absolute atomic E-state index is 0.0964. The second-order valence-electron chi connectivity index (χ2n) is 7.21. The molecule has 3 rings (SSSR count). The van der Waals surface area contributed by atoms with Gasteiger partial charge in [-0.15, -0.1) is 0 Å². The maximum Gasteiger partial charge on any atom is 0.321 e. The van der Waals surface area contributed by atoms with Crippen molar-refractivity contribution in [2.45, 2.75) is 27.3 Å². The second-order valence-corrected chi connectivity index (χ2v) is 7.21. The summed E-state index contributed by atoms with van der Waals surface area (Å²) in [5.41, 5.74) is 11.0. The molecule has 31 heavy (non-hydrogen) atoms. The predicted molar refractivity (Wildman–Crippen MR) is 127 cm³/mol. The average Bonchev–Trinajstić information content (AvgIpc) is 3.06. The Kier molecular flexibility index (Phi) is 7.41. The molecule has 1 heterocycles. The summed E-state index contributed by atoms with van der Waals surface area (Å²) >= 11 is 0. The van der Waals surface area contributed by atoms with Gasteiger partial charge in [-0.25, -0.2) is 4.79 Å². The van der Waals surface area contributed by atoms with Crippen LogP contribution in [0.25, 0.3) is 22.2 Å². The zero-order chi connectivity index (χ0) is 22.4. The van der Waals surface area contributed by atoms with E-state index in [1.807, 2.05) is 56.3 Å². The molecule has 0 bridgehead atoms. The van der Waals surface area contributed by atoms with Crippen molar-refractivity contribution in [1.29, 1.82) is 0 Å². The number of fused-ring (bicyclic) bond motifs is 1. The zero-order valence-electron chi connectivity index (χ0n) is 18.8. The number of urea groups is 1. The van der Waals surface area contributed by atoms with Crippen molar-refractivity contribution in [3.8, 4) is 17.0 Å². The number of ether oxygens (including phenoxy) is 2. The first-order valence-electron chi connectivity index (χ1n) is 10.7. The Bertz CT molecular complexity index is 1020. The van der Waals surface area contributed by atoms with Crippen molar-refractivity contribution in [3.63, 3.8) is 0 Å². The van der Waals surface area contributed by atoms with Crippen molar-refractivity contribution in [3.05, 3.63) is 42.5 Å². The molecule has 3 N–H and O–H groups in total. The number of carbonyl (C=O) groups is 1. The van der Waals surface area contributed by atoms with Gasteiger partial charge in [0.1, 0.15) is 12.4 Å². The van der Waals surface area contributed by atoms with Crippen LogP contribution < -0.4 is 15.8 Å². The Morgan fingerprint density at radius 2 is 1.77 bits per heavy atom. The van der Waals surface area contributed by atoms with Crippen molar-refractivity contribution < 1.29 is 14.3 Å². The average molecular weight is 425 g/mol. The van der Waals surface area contributed by atoms with Crippen LogP contribution in [0.15, 0.2) is 42.5 Å². The van der Waals surface area contributed by atoms with E-state index in [0.29, 0.717) is 26.3 Å². The number of anilines is 2. The molecule has 2 amide bonds. The van der Waals surface area contributed by atoms with Crippen LogP contribution in [0.4, 0.5) is 16.2 Å². The number of nitrogens with zero attached hydrogens (tertiary/aromatic N) is 2. The zero-order valence-corrected chi connectivity index (χ0v) is 18.8. The smallest absolute Gasteiger partial charge is 0.321 e. The number of aromatic nitrogens is 1. The number of benzene rings is 2. The summed E-state index contributed by atoms with van der Waals surface area (Å²) in [6.45, 7) is 9.17. The Labute approximate surface area is 183 Å². The third kappa shape index (κ3) is 4.77. The molecule has 0 radical (unpaired) electrons. The van der Waals surface area contributed by atoms with E-state index in [0.717, 1.165) is 45.8 Å². The molecule has 166 valence electrons. The van der Waals surface area contributed by atoms with Crippen LogP contribution in [0.1, 0.15) is 20.8 Å². The lowest BCUT2D eigenvalue weighted by Crippen LogP contribution is -2.34. The van der Waals surface area contributed by atoms with E-state index < -0.39 is 0 Å². The quantitative estimate of drug-likeness (QED) is 0.483. The van der Waals surface area contributed by atoms with Gasteiger partial charge in [0.25, 0.3) is 0 Å². The molecule has 0 unspecified atom stereocenters. The number of amides is 2. The van der Waals surface area contributed by atoms with E-state index in [-0.39, 0.29) is 6.03 Å². The summed E-state index contributed by atoms with van der Waals surface area (Å²) in [7, 11) is 1.65. The van der Waals surface area contributed by atoms with Crippen molar-refractivity contribution in [1.82, 2.24) is 9.47 Å². The molecule has 0 fully saturated rings. The van der Waals surface area contributed by atoms with Gasteiger partial charge in [-0.05, 0) is 45.0 Å². The lowest BCUT2D eigenvalue weighted by Gasteiger charge is -2.19. The first kappa shape index (κ1) is 22.5. The number of aryl methyl sites for hydroxylation is 1. The minimum Gasteiger partial charge on any atom is -0.491 e. The topological polar surface area (TPSA) is 81.8 Å². The highest BCUT2D eigenvalue weighted by atomic mass is 16.5.